The molecule has 0 fully saturated rings. The predicted molar refractivity (Wildman–Crippen MR) is 39.8 cm³/mol. The molecule has 0 saturated carbocycles. The van der Waals surface area contributed by atoms with Crippen molar-refractivity contribution in [3.05, 3.63) is 17.2 Å². The zero-order valence-electron chi connectivity index (χ0n) is 7.14. The molecule has 0 unspecified atom stereocenters. The average molecular weight is 208 g/mol. The number of alkyl halides is 2. The largest absolute Gasteiger partial charge is 0.476 e. The first kappa shape index (κ1) is 10.6. The predicted octanol–water partition coefficient (Wildman–Crippen LogP) is 1.44. The monoisotopic (exact) mass is 208 g/mol. The van der Waals surface area contributed by atoms with Gasteiger partial charge < -0.3 is 5.11 Å². The van der Waals surface area contributed by atoms with Gasteiger partial charge in [0.25, 0.3) is 5.92 Å². The molecule has 0 spiro atoms. The smallest absolute Gasteiger partial charge is 0.359 e. The van der Waals surface area contributed by atoms with E-state index < -0.39 is 35.5 Å². The van der Waals surface area contributed by atoms with E-state index in [4.69, 9.17) is 5.11 Å². The molecule has 0 saturated heterocycles. The summed E-state index contributed by atoms with van der Waals surface area (Å²) in [7, 11) is 0. The molecule has 0 atom stereocenters. The number of aromatic carboxylic acids is 1. The van der Waals surface area contributed by atoms with Crippen LogP contribution >= 0.6 is 0 Å². The summed E-state index contributed by atoms with van der Waals surface area (Å²) in [5.41, 5.74) is -1.38. The van der Waals surface area contributed by atoms with Gasteiger partial charge in [-0.1, -0.05) is 0 Å². The number of carboxylic acids is 1. The Labute approximate surface area is 76.7 Å². The van der Waals surface area contributed by atoms with E-state index in [0.29, 0.717) is 6.92 Å². The van der Waals surface area contributed by atoms with Crippen LogP contribution in [-0.4, -0.2) is 27.2 Å². The Morgan fingerprint density at radius 3 is 2.57 bits per heavy atom. The van der Waals surface area contributed by atoms with E-state index in [1.54, 1.807) is 0 Å². The highest BCUT2D eigenvalue weighted by Crippen LogP contribution is 2.20. The third-order valence-corrected chi connectivity index (χ3v) is 1.47. The highest BCUT2D eigenvalue weighted by molar-refractivity contribution is 5.85. The van der Waals surface area contributed by atoms with Crippen LogP contribution in [0, 0.1) is 5.82 Å². The van der Waals surface area contributed by atoms with Gasteiger partial charge in [0.1, 0.15) is 0 Å². The zero-order valence-corrected chi connectivity index (χ0v) is 7.14. The molecule has 0 bridgehead atoms. The lowest BCUT2D eigenvalue weighted by Crippen LogP contribution is -2.15. The Morgan fingerprint density at radius 2 is 2.21 bits per heavy atom. The summed E-state index contributed by atoms with van der Waals surface area (Å²) in [4.78, 5) is 10.3. The second-order valence-corrected chi connectivity index (χ2v) is 2.92. The number of halogens is 3. The molecule has 0 aliphatic heterocycles. The lowest BCUT2D eigenvalue weighted by Gasteiger charge is -2.07. The summed E-state index contributed by atoms with van der Waals surface area (Å²) in [6, 6.07) is 0. The number of carboxylic acid groups (broad SMARTS) is 1. The summed E-state index contributed by atoms with van der Waals surface area (Å²) >= 11 is 0. The van der Waals surface area contributed by atoms with E-state index in [1.807, 2.05) is 5.10 Å². The molecule has 0 radical (unpaired) electrons. The van der Waals surface area contributed by atoms with Gasteiger partial charge in [-0.25, -0.2) is 18.0 Å². The minimum atomic E-state index is -3.11. The number of hydrogen-bond donors (Lipinski definition) is 2. The summed E-state index contributed by atoms with van der Waals surface area (Å²) in [6.07, 6.45) is -0.904. The number of aromatic nitrogens is 2. The van der Waals surface area contributed by atoms with Crippen molar-refractivity contribution in [1.82, 2.24) is 10.2 Å². The van der Waals surface area contributed by atoms with Crippen molar-refractivity contribution in [1.29, 1.82) is 0 Å². The van der Waals surface area contributed by atoms with Crippen molar-refractivity contribution in [2.45, 2.75) is 19.3 Å². The molecular weight excluding hydrogens is 201 g/mol. The fourth-order valence-corrected chi connectivity index (χ4v) is 0.934. The van der Waals surface area contributed by atoms with E-state index in [9.17, 15) is 18.0 Å². The Morgan fingerprint density at radius 1 is 1.64 bits per heavy atom. The molecule has 1 aromatic heterocycles. The van der Waals surface area contributed by atoms with Crippen molar-refractivity contribution in [2.75, 3.05) is 0 Å². The van der Waals surface area contributed by atoms with Crippen LogP contribution in [0.5, 0.6) is 0 Å². The van der Waals surface area contributed by atoms with Gasteiger partial charge in [-0.05, 0) is 6.92 Å². The molecule has 2 N–H and O–H groups in total. The van der Waals surface area contributed by atoms with Crippen LogP contribution in [0.15, 0.2) is 0 Å². The van der Waals surface area contributed by atoms with Crippen LogP contribution < -0.4 is 0 Å². The molecule has 0 amide bonds. The maximum Gasteiger partial charge on any atom is 0.359 e. The number of aromatic amines is 1. The van der Waals surface area contributed by atoms with Gasteiger partial charge in [0.15, 0.2) is 5.82 Å². The number of nitrogens with zero attached hydrogens (tertiary/aromatic N) is 1. The fourth-order valence-electron chi connectivity index (χ4n) is 0.934. The highest BCUT2D eigenvalue weighted by Gasteiger charge is 2.27. The van der Waals surface area contributed by atoms with Gasteiger partial charge in [0.05, 0.1) is 12.1 Å². The molecule has 1 aromatic rings. The fraction of sp³-hybridized carbons (Fsp3) is 0.429. The molecular formula is C7H7F3N2O2. The maximum absolute atomic E-state index is 13.0. The van der Waals surface area contributed by atoms with E-state index in [1.165, 1.54) is 0 Å². The molecule has 14 heavy (non-hydrogen) atoms. The number of H-pyrrole nitrogens is 1. The van der Waals surface area contributed by atoms with Gasteiger partial charge in [-0.3, -0.25) is 5.10 Å². The highest BCUT2D eigenvalue weighted by atomic mass is 19.3. The van der Waals surface area contributed by atoms with Crippen molar-refractivity contribution < 1.29 is 23.1 Å². The Balaban J connectivity index is 2.96. The summed E-state index contributed by atoms with van der Waals surface area (Å²) in [5, 5.41) is 13.4. The summed E-state index contributed by atoms with van der Waals surface area (Å²) in [5.74, 6) is -5.94. The molecule has 1 rings (SSSR count). The molecule has 4 nitrogen and oxygen atoms in total. The topological polar surface area (TPSA) is 66.0 Å². The van der Waals surface area contributed by atoms with Crippen LogP contribution in [0.4, 0.5) is 13.2 Å². The quantitative estimate of drug-likeness (QED) is 0.789. The van der Waals surface area contributed by atoms with E-state index in [-0.39, 0.29) is 0 Å². The number of hydrogen-bond acceptors (Lipinski definition) is 2. The van der Waals surface area contributed by atoms with Crippen LogP contribution in [0.3, 0.4) is 0 Å². The van der Waals surface area contributed by atoms with Crippen molar-refractivity contribution in [3.8, 4) is 0 Å². The van der Waals surface area contributed by atoms with Gasteiger partial charge in [-0.15, -0.1) is 0 Å². The zero-order chi connectivity index (χ0) is 10.9. The van der Waals surface area contributed by atoms with Crippen LogP contribution in [-0.2, 0) is 6.42 Å². The maximum atomic E-state index is 13.0. The summed E-state index contributed by atoms with van der Waals surface area (Å²) in [6.45, 7) is 0.605. The second kappa shape index (κ2) is 3.32. The molecule has 0 aliphatic carbocycles. The van der Waals surface area contributed by atoms with E-state index in [2.05, 4.69) is 5.10 Å². The Hall–Kier alpha value is -1.53. The third kappa shape index (κ3) is 2.24. The first-order valence-electron chi connectivity index (χ1n) is 3.65. The van der Waals surface area contributed by atoms with Crippen LogP contribution in [0.2, 0.25) is 0 Å². The normalized spacial score (nSPS) is 11.7. The third-order valence-electron chi connectivity index (χ3n) is 1.47. The molecule has 78 valence electrons. The summed E-state index contributed by atoms with van der Waals surface area (Å²) < 4.78 is 37.9. The SMILES string of the molecule is CC(F)(F)Cc1[nH]nc(C(=O)O)c1F. The molecule has 1 heterocycles. The molecule has 7 heteroatoms. The first-order valence-corrected chi connectivity index (χ1v) is 3.65. The van der Waals surface area contributed by atoms with Gasteiger partial charge in [0.2, 0.25) is 5.69 Å². The number of rotatable bonds is 3. The second-order valence-electron chi connectivity index (χ2n) is 2.92. The lowest BCUT2D eigenvalue weighted by molar-refractivity contribution is 0.0207. The van der Waals surface area contributed by atoms with Crippen molar-refractivity contribution in [2.24, 2.45) is 0 Å². The molecule has 0 aromatic carbocycles. The van der Waals surface area contributed by atoms with Gasteiger partial charge in [-0.2, -0.15) is 5.10 Å². The van der Waals surface area contributed by atoms with Gasteiger partial charge >= 0.3 is 5.97 Å². The van der Waals surface area contributed by atoms with Crippen molar-refractivity contribution >= 4 is 5.97 Å². The van der Waals surface area contributed by atoms with E-state index in [0.717, 1.165) is 0 Å². The Kier molecular flexibility index (Phi) is 2.50. The average Bonchev–Trinajstić information content (AvgIpc) is 2.29. The number of carbonyl (C=O) groups is 1. The van der Waals surface area contributed by atoms with E-state index >= 15 is 0 Å². The molecule has 0 aliphatic rings. The van der Waals surface area contributed by atoms with Crippen molar-refractivity contribution in [3.63, 3.8) is 0 Å². The first-order chi connectivity index (χ1) is 6.31. The number of nitrogens with one attached hydrogen (secondary N) is 1. The Bertz CT molecular complexity index is 356. The van der Waals surface area contributed by atoms with Crippen LogP contribution in [0.1, 0.15) is 23.1 Å². The van der Waals surface area contributed by atoms with Crippen LogP contribution in [0.25, 0.3) is 0 Å². The minimum Gasteiger partial charge on any atom is -0.476 e. The standard InChI is InChI=1S/C7H7F3N2O2/c1-7(9,10)2-3-4(8)5(6(13)14)12-11-3/h2H2,1H3,(H,11,12)(H,13,14). The lowest BCUT2D eigenvalue weighted by atomic mass is 10.2. The van der Waals surface area contributed by atoms with Gasteiger partial charge in [0, 0.05) is 0 Å². The minimum absolute atomic E-state index is 0.505.